The van der Waals surface area contributed by atoms with E-state index in [9.17, 15) is 14.5 Å². The second kappa shape index (κ2) is 10.8. The summed E-state index contributed by atoms with van der Waals surface area (Å²) in [6.07, 6.45) is 7.87. The third-order valence-corrected chi connectivity index (χ3v) is 6.69. The Labute approximate surface area is 197 Å². The molecule has 1 aliphatic carbocycles. The van der Waals surface area contributed by atoms with Gasteiger partial charge in [-0.2, -0.15) is 0 Å². The van der Waals surface area contributed by atoms with E-state index in [4.69, 9.17) is 21.1 Å². The molecule has 0 radical (unpaired) electrons. The van der Waals surface area contributed by atoms with Crippen molar-refractivity contribution >= 4 is 23.4 Å². The van der Waals surface area contributed by atoms with E-state index in [1.165, 1.54) is 32.1 Å². The minimum atomic E-state index is -0.739. The van der Waals surface area contributed by atoms with Crippen molar-refractivity contribution in [2.24, 2.45) is 11.1 Å². The van der Waals surface area contributed by atoms with Crippen LogP contribution in [-0.2, 0) is 4.79 Å². The molecule has 1 heterocycles. The molecule has 2 aromatic rings. The number of hydrogen-bond donors (Lipinski definition) is 1. The molecule has 7 nitrogen and oxygen atoms in total. The van der Waals surface area contributed by atoms with E-state index < -0.39 is 11.8 Å². The van der Waals surface area contributed by atoms with Crippen molar-refractivity contribution in [2.45, 2.75) is 50.9 Å². The van der Waals surface area contributed by atoms with Crippen LogP contribution in [0.25, 0.3) is 0 Å². The van der Waals surface area contributed by atoms with Gasteiger partial charge in [-0.3, -0.25) is 9.59 Å². The van der Waals surface area contributed by atoms with Crippen LogP contribution in [0.5, 0.6) is 17.2 Å². The van der Waals surface area contributed by atoms with Crippen molar-refractivity contribution in [3.8, 4) is 17.2 Å². The summed E-state index contributed by atoms with van der Waals surface area (Å²) in [5.41, 5.74) is 1.09. The number of halogens is 1. The van der Waals surface area contributed by atoms with E-state index in [1.807, 2.05) is 0 Å². The Bertz CT molecular complexity index is 1020. The maximum absolute atomic E-state index is 12.4. The Balaban J connectivity index is 1.37. The minimum Gasteiger partial charge on any atom is -0.493 e. The Hall–Kier alpha value is -2.93. The lowest BCUT2D eigenvalue weighted by Crippen LogP contribution is -2.26. The fraction of sp³-hybridized carbons (Fsp3) is 0.440. The first-order valence-corrected chi connectivity index (χ1v) is 11.8. The first kappa shape index (κ1) is 23.2. The second-order valence-corrected chi connectivity index (χ2v) is 9.02. The summed E-state index contributed by atoms with van der Waals surface area (Å²) < 4.78 is 11.5. The standard InChI is InChI=1S/C25H27ClN2O5/c26-21-14-20-19(25(30)28-31)11-13-32-22(20)15-23(21)33-18-8-6-17(7-9-18)24(29)27-12-10-16-4-2-1-3-5-16/h6-9,14-16,19H,1-5,10-13H2,(H,27,29). The normalized spacial score (nSPS) is 18.0. The van der Waals surface area contributed by atoms with Crippen LogP contribution in [-0.4, -0.2) is 25.0 Å². The Morgan fingerprint density at radius 3 is 2.58 bits per heavy atom. The number of carbonyl (C=O) groups excluding carboxylic acids is 2. The van der Waals surface area contributed by atoms with E-state index >= 15 is 0 Å². The maximum Gasteiger partial charge on any atom is 0.294 e. The lowest BCUT2D eigenvalue weighted by atomic mass is 9.87. The topological polar surface area (TPSA) is 94.1 Å². The number of ether oxygens (including phenoxy) is 2. The molecule has 2 aliphatic rings. The highest BCUT2D eigenvalue weighted by atomic mass is 35.5. The van der Waals surface area contributed by atoms with Gasteiger partial charge in [-0.05, 0) is 49.1 Å². The molecular formula is C25H27ClN2O5. The molecule has 0 spiro atoms. The largest absolute Gasteiger partial charge is 0.493 e. The molecule has 4 rings (SSSR count). The van der Waals surface area contributed by atoms with Crippen molar-refractivity contribution < 1.29 is 19.1 Å². The van der Waals surface area contributed by atoms with Crippen molar-refractivity contribution in [1.82, 2.24) is 5.32 Å². The molecule has 1 fully saturated rings. The molecule has 1 aliphatic heterocycles. The van der Waals surface area contributed by atoms with Crippen LogP contribution < -0.4 is 14.8 Å². The number of nitroso groups, excluding NO2 is 1. The highest BCUT2D eigenvalue weighted by molar-refractivity contribution is 6.32. The number of rotatable bonds is 7. The van der Waals surface area contributed by atoms with E-state index in [-0.39, 0.29) is 10.9 Å². The van der Waals surface area contributed by atoms with Gasteiger partial charge >= 0.3 is 0 Å². The van der Waals surface area contributed by atoms with E-state index in [2.05, 4.69) is 10.5 Å². The van der Waals surface area contributed by atoms with Crippen LogP contribution in [0, 0.1) is 10.8 Å². The maximum atomic E-state index is 12.4. The average Bonchev–Trinajstić information content (AvgIpc) is 2.84. The van der Waals surface area contributed by atoms with E-state index in [0.29, 0.717) is 47.9 Å². The summed E-state index contributed by atoms with van der Waals surface area (Å²) >= 11 is 6.36. The molecule has 1 atom stereocenters. The van der Waals surface area contributed by atoms with E-state index in [0.717, 1.165) is 12.3 Å². The van der Waals surface area contributed by atoms with Crippen LogP contribution in [0.1, 0.15) is 66.8 Å². The highest BCUT2D eigenvalue weighted by Crippen LogP contribution is 2.42. The second-order valence-electron chi connectivity index (χ2n) is 8.61. The Kier molecular flexibility index (Phi) is 7.60. The number of carbonyl (C=O) groups is 2. The lowest BCUT2D eigenvalue weighted by molar-refractivity contribution is -0.119. The first-order valence-electron chi connectivity index (χ1n) is 11.4. The minimum absolute atomic E-state index is 0.0999. The molecule has 2 aromatic carbocycles. The summed E-state index contributed by atoms with van der Waals surface area (Å²) in [6, 6.07) is 10.0. The zero-order valence-corrected chi connectivity index (χ0v) is 19.1. The summed E-state index contributed by atoms with van der Waals surface area (Å²) in [4.78, 5) is 34.9. The van der Waals surface area contributed by atoms with Gasteiger partial charge < -0.3 is 14.8 Å². The lowest BCUT2D eigenvalue weighted by Gasteiger charge is -2.24. The smallest absolute Gasteiger partial charge is 0.294 e. The molecule has 0 bridgehead atoms. The summed E-state index contributed by atoms with van der Waals surface area (Å²) in [7, 11) is 0. The Morgan fingerprint density at radius 1 is 1.09 bits per heavy atom. The van der Waals surface area contributed by atoms with Gasteiger partial charge in [-0.25, -0.2) is 0 Å². The molecule has 2 amide bonds. The van der Waals surface area contributed by atoms with Crippen LogP contribution in [0.4, 0.5) is 0 Å². The molecule has 8 heteroatoms. The quantitative estimate of drug-likeness (QED) is 0.501. The van der Waals surface area contributed by atoms with Crippen molar-refractivity contribution in [3.05, 3.63) is 57.5 Å². The van der Waals surface area contributed by atoms with Gasteiger partial charge in [0.15, 0.2) is 0 Å². The van der Waals surface area contributed by atoms with E-state index in [1.54, 1.807) is 36.4 Å². The number of hydrogen-bond acceptors (Lipinski definition) is 5. The summed E-state index contributed by atoms with van der Waals surface area (Å²) in [6.45, 7) is 0.986. The van der Waals surface area contributed by atoms with Crippen LogP contribution in [0.2, 0.25) is 5.02 Å². The van der Waals surface area contributed by atoms with Gasteiger partial charge in [0, 0.05) is 28.9 Å². The molecular weight excluding hydrogens is 444 g/mol. The van der Waals surface area contributed by atoms with Crippen LogP contribution in [0.3, 0.4) is 0 Å². The van der Waals surface area contributed by atoms with Gasteiger partial charge in [0.2, 0.25) is 0 Å². The Morgan fingerprint density at radius 2 is 1.85 bits per heavy atom. The fourth-order valence-corrected chi connectivity index (χ4v) is 4.77. The first-order chi connectivity index (χ1) is 16.0. The third kappa shape index (κ3) is 5.71. The van der Waals surface area contributed by atoms with Crippen LogP contribution >= 0.6 is 11.6 Å². The monoisotopic (exact) mass is 470 g/mol. The number of benzene rings is 2. The zero-order chi connectivity index (χ0) is 23.2. The van der Waals surface area contributed by atoms with Crippen molar-refractivity contribution in [2.75, 3.05) is 13.2 Å². The summed E-state index contributed by atoms with van der Waals surface area (Å²) in [5, 5.41) is 5.83. The number of amides is 2. The van der Waals surface area contributed by atoms with Crippen molar-refractivity contribution in [1.29, 1.82) is 0 Å². The molecule has 0 aromatic heterocycles. The predicted molar refractivity (Wildman–Crippen MR) is 125 cm³/mol. The zero-order valence-electron chi connectivity index (χ0n) is 18.3. The van der Waals surface area contributed by atoms with Gasteiger partial charge in [-0.15, -0.1) is 4.91 Å². The highest BCUT2D eigenvalue weighted by Gasteiger charge is 2.30. The van der Waals surface area contributed by atoms with Crippen LogP contribution in [0.15, 0.2) is 41.6 Å². The molecule has 0 saturated heterocycles. The van der Waals surface area contributed by atoms with Gasteiger partial charge in [0.1, 0.15) is 17.2 Å². The molecule has 1 N–H and O–H groups in total. The number of fused-ring (bicyclic) bond motifs is 1. The SMILES string of the molecule is O=NC(=O)C1CCOc2cc(Oc3ccc(C(=O)NCCC4CCCCC4)cc3)c(Cl)cc21. The predicted octanol–water partition coefficient (Wildman–Crippen LogP) is 5.99. The van der Waals surface area contributed by atoms with Crippen molar-refractivity contribution in [3.63, 3.8) is 0 Å². The molecule has 1 saturated carbocycles. The fourth-order valence-electron chi connectivity index (χ4n) is 4.56. The number of nitrogens with one attached hydrogen (secondary N) is 1. The summed E-state index contributed by atoms with van der Waals surface area (Å²) in [5.74, 6) is 0.531. The average molecular weight is 471 g/mol. The third-order valence-electron chi connectivity index (χ3n) is 6.40. The van der Waals surface area contributed by atoms with Gasteiger partial charge in [0.05, 0.1) is 17.5 Å². The van der Waals surface area contributed by atoms with Gasteiger partial charge in [-0.1, -0.05) is 43.7 Å². The molecule has 1 unspecified atom stereocenters. The molecule has 174 valence electrons. The number of nitrogens with zero attached hydrogens (tertiary/aromatic N) is 1. The molecule has 33 heavy (non-hydrogen) atoms. The van der Waals surface area contributed by atoms with Gasteiger partial charge in [0.25, 0.3) is 11.8 Å².